The Hall–Kier alpha value is -0.220. The second-order valence-corrected chi connectivity index (χ2v) is 3.29. The summed E-state index contributed by atoms with van der Waals surface area (Å²) in [6, 6.07) is 0. The van der Waals surface area contributed by atoms with Gasteiger partial charge in [0, 0.05) is 25.9 Å². The molecule has 3 nitrogen and oxygen atoms in total. The predicted molar refractivity (Wildman–Crippen MR) is 46.4 cm³/mol. The van der Waals surface area contributed by atoms with Crippen molar-refractivity contribution in [2.75, 3.05) is 32.4 Å². The minimum Gasteiger partial charge on any atom is -0.353 e. The Kier molecular flexibility index (Phi) is 3.02. The molecule has 0 saturated carbocycles. The molecule has 1 rings (SSSR count). The molecular formula is C6H13N3S. The standard InChI is InChI=1S/C6H13N3S/c1-9-4-3-8-6(9)10-5-2-7/h2-5,7H2,1H3. The van der Waals surface area contributed by atoms with Gasteiger partial charge in [-0.3, -0.25) is 4.99 Å². The summed E-state index contributed by atoms with van der Waals surface area (Å²) in [5.74, 6) is 0.975. The first-order valence-electron chi connectivity index (χ1n) is 3.43. The van der Waals surface area contributed by atoms with Crippen molar-refractivity contribution in [2.24, 2.45) is 10.7 Å². The second kappa shape index (κ2) is 3.83. The van der Waals surface area contributed by atoms with E-state index >= 15 is 0 Å². The first-order chi connectivity index (χ1) is 4.84. The SMILES string of the molecule is CN1CCN=C1SCCN. The molecular weight excluding hydrogens is 146 g/mol. The average molecular weight is 159 g/mol. The monoisotopic (exact) mass is 159 g/mol. The summed E-state index contributed by atoms with van der Waals surface area (Å²) in [5, 5.41) is 1.14. The third-order valence-corrected chi connectivity index (χ3v) is 2.50. The average Bonchev–Trinajstić information content (AvgIpc) is 2.31. The maximum atomic E-state index is 5.36. The maximum Gasteiger partial charge on any atom is 0.159 e. The van der Waals surface area contributed by atoms with Crippen LogP contribution in [0.4, 0.5) is 0 Å². The van der Waals surface area contributed by atoms with Gasteiger partial charge in [-0.15, -0.1) is 0 Å². The number of rotatable bonds is 2. The van der Waals surface area contributed by atoms with Crippen LogP contribution in [0, 0.1) is 0 Å². The van der Waals surface area contributed by atoms with E-state index < -0.39 is 0 Å². The molecule has 0 amide bonds. The molecule has 0 aromatic heterocycles. The van der Waals surface area contributed by atoms with Gasteiger partial charge in [0.25, 0.3) is 0 Å². The molecule has 1 aliphatic heterocycles. The van der Waals surface area contributed by atoms with E-state index in [1.54, 1.807) is 11.8 Å². The number of nitrogens with two attached hydrogens (primary N) is 1. The minimum atomic E-state index is 0.734. The molecule has 4 heteroatoms. The van der Waals surface area contributed by atoms with Crippen LogP contribution in [-0.4, -0.2) is 42.5 Å². The molecule has 0 saturated heterocycles. The molecule has 58 valence electrons. The van der Waals surface area contributed by atoms with E-state index in [1.165, 1.54) is 0 Å². The fourth-order valence-corrected chi connectivity index (χ4v) is 1.61. The Morgan fingerprint density at radius 1 is 1.80 bits per heavy atom. The van der Waals surface area contributed by atoms with Gasteiger partial charge in [0.2, 0.25) is 0 Å². The Bertz CT molecular complexity index is 135. The quantitative estimate of drug-likeness (QED) is 0.615. The van der Waals surface area contributed by atoms with Crippen molar-refractivity contribution in [1.82, 2.24) is 4.90 Å². The van der Waals surface area contributed by atoms with E-state index in [1.807, 2.05) is 0 Å². The van der Waals surface area contributed by atoms with Gasteiger partial charge in [0.05, 0.1) is 6.54 Å². The third kappa shape index (κ3) is 1.88. The van der Waals surface area contributed by atoms with Gasteiger partial charge < -0.3 is 10.6 Å². The fraction of sp³-hybridized carbons (Fsp3) is 0.833. The molecule has 0 atom stereocenters. The maximum absolute atomic E-state index is 5.36. The number of hydrogen-bond donors (Lipinski definition) is 1. The van der Waals surface area contributed by atoms with E-state index in [0.29, 0.717) is 0 Å². The van der Waals surface area contributed by atoms with Gasteiger partial charge >= 0.3 is 0 Å². The van der Waals surface area contributed by atoms with Gasteiger partial charge in [0.1, 0.15) is 0 Å². The molecule has 0 spiro atoms. The second-order valence-electron chi connectivity index (χ2n) is 2.22. The minimum absolute atomic E-state index is 0.734. The van der Waals surface area contributed by atoms with Crippen LogP contribution in [0.15, 0.2) is 4.99 Å². The summed E-state index contributed by atoms with van der Waals surface area (Å²) in [4.78, 5) is 6.47. The summed E-state index contributed by atoms with van der Waals surface area (Å²) in [5.41, 5.74) is 5.36. The zero-order valence-corrected chi connectivity index (χ0v) is 7.02. The molecule has 1 aliphatic rings. The topological polar surface area (TPSA) is 41.6 Å². The molecule has 0 aliphatic carbocycles. The summed E-state index contributed by atoms with van der Waals surface area (Å²) in [7, 11) is 2.06. The van der Waals surface area contributed by atoms with Gasteiger partial charge in [-0.2, -0.15) is 0 Å². The van der Waals surface area contributed by atoms with Gasteiger partial charge in [-0.25, -0.2) is 0 Å². The van der Waals surface area contributed by atoms with Crippen LogP contribution in [0.1, 0.15) is 0 Å². The first kappa shape index (κ1) is 7.88. The van der Waals surface area contributed by atoms with Crippen LogP contribution in [0.2, 0.25) is 0 Å². The summed E-state index contributed by atoms with van der Waals surface area (Å²) in [6.07, 6.45) is 0. The van der Waals surface area contributed by atoms with Crippen molar-refractivity contribution in [3.8, 4) is 0 Å². The number of thioether (sulfide) groups is 1. The van der Waals surface area contributed by atoms with Crippen LogP contribution < -0.4 is 5.73 Å². The summed E-state index contributed by atoms with van der Waals surface area (Å²) >= 11 is 1.74. The Balaban J connectivity index is 2.26. The molecule has 0 radical (unpaired) electrons. The van der Waals surface area contributed by atoms with Crippen LogP contribution in [0.25, 0.3) is 0 Å². The number of aliphatic imine (C=N–C) groups is 1. The lowest BCUT2D eigenvalue weighted by Crippen LogP contribution is -2.21. The van der Waals surface area contributed by atoms with E-state index in [2.05, 4.69) is 16.9 Å². The lowest BCUT2D eigenvalue weighted by atomic mass is 10.6. The van der Waals surface area contributed by atoms with E-state index in [-0.39, 0.29) is 0 Å². The molecule has 2 N–H and O–H groups in total. The zero-order chi connectivity index (χ0) is 7.40. The van der Waals surface area contributed by atoms with Crippen molar-refractivity contribution in [3.63, 3.8) is 0 Å². The van der Waals surface area contributed by atoms with Crippen LogP contribution >= 0.6 is 11.8 Å². The molecule has 0 aromatic rings. The van der Waals surface area contributed by atoms with Gasteiger partial charge in [0.15, 0.2) is 5.17 Å². The van der Waals surface area contributed by atoms with Crippen LogP contribution in [-0.2, 0) is 0 Å². The largest absolute Gasteiger partial charge is 0.353 e. The van der Waals surface area contributed by atoms with Gasteiger partial charge in [-0.1, -0.05) is 11.8 Å². The van der Waals surface area contributed by atoms with E-state index in [4.69, 9.17) is 5.73 Å². The third-order valence-electron chi connectivity index (χ3n) is 1.36. The van der Waals surface area contributed by atoms with Crippen LogP contribution in [0.3, 0.4) is 0 Å². The Labute approximate surface area is 65.7 Å². The molecule has 0 unspecified atom stereocenters. The Morgan fingerprint density at radius 3 is 3.10 bits per heavy atom. The normalized spacial score (nSPS) is 17.8. The highest BCUT2D eigenvalue weighted by molar-refractivity contribution is 8.13. The smallest absolute Gasteiger partial charge is 0.159 e. The molecule has 1 heterocycles. The number of amidine groups is 1. The Morgan fingerprint density at radius 2 is 2.60 bits per heavy atom. The van der Waals surface area contributed by atoms with Crippen molar-refractivity contribution < 1.29 is 0 Å². The molecule has 10 heavy (non-hydrogen) atoms. The highest BCUT2D eigenvalue weighted by atomic mass is 32.2. The van der Waals surface area contributed by atoms with Crippen molar-refractivity contribution in [1.29, 1.82) is 0 Å². The molecule has 0 aromatic carbocycles. The lowest BCUT2D eigenvalue weighted by Gasteiger charge is -2.11. The van der Waals surface area contributed by atoms with E-state index in [0.717, 1.165) is 30.6 Å². The highest BCUT2D eigenvalue weighted by Crippen LogP contribution is 2.10. The zero-order valence-electron chi connectivity index (χ0n) is 6.21. The van der Waals surface area contributed by atoms with Crippen molar-refractivity contribution >= 4 is 16.9 Å². The van der Waals surface area contributed by atoms with Crippen LogP contribution in [0.5, 0.6) is 0 Å². The number of nitrogens with zero attached hydrogens (tertiary/aromatic N) is 2. The first-order valence-corrected chi connectivity index (χ1v) is 4.41. The molecule has 0 bridgehead atoms. The summed E-state index contributed by atoms with van der Waals surface area (Å²) in [6.45, 7) is 2.74. The van der Waals surface area contributed by atoms with Crippen molar-refractivity contribution in [3.05, 3.63) is 0 Å². The van der Waals surface area contributed by atoms with Gasteiger partial charge in [-0.05, 0) is 0 Å². The highest BCUT2D eigenvalue weighted by Gasteiger charge is 2.11. The lowest BCUT2D eigenvalue weighted by molar-refractivity contribution is 0.564. The number of hydrogen-bond acceptors (Lipinski definition) is 4. The van der Waals surface area contributed by atoms with E-state index in [9.17, 15) is 0 Å². The number of likely N-dealkylation sites (N-methyl/N-ethyl adjacent to an activating group) is 1. The fourth-order valence-electron chi connectivity index (χ4n) is 0.818. The molecule has 0 fully saturated rings. The predicted octanol–water partition coefficient (Wildman–Crippen LogP) is -0.0203. The summed E-state index contributed by atoms with van der Waals surface area (Å²) < 4.78 is 0. The van der Waals surface area contributed by atoms with Crippen molar-refractivity contribution in [2.45, 2.75) is 0 Å².